The summed E-state index contributed by atoms with van der Waals surface area (Å²) in [5.74, 6) is -0.170. The van der Waals surface area contributed by atoms with Gasteiger partial charge in [-0.2, -0.15) is 0 Å². The molecule has 1 atom stereocenters. The molecule has 0 heterocycles. The first-order valence-electron chi connectivity index (χ1n) is 7.49. The number of urea groups is 1. The highest BCUT2D eigenvalue weighted by Crippen LogP contribution is 2.11. The molecule has 120 valence electrons. The molecule has 3 amide bonds. The van der Waals surface area contributed by atoms with Gasteiger partial charge in [0.25, 0.3) is 0 Å². The van der Waals surface area contributed by atoms with E-state index in [1.807, 2.05) is 60.7 Å². The van der Waals surface area contributed by atoms with Crippen molar-refractivity contribution in [1.29, 1.82) is 0 Å². The summed E-state index contributed by atoms with van der Waals surface area (Å²) in [5.41, 5.74) is 7.18. The number of carbonyl (C=O) groups is 2. The van der Waals surface area contributed by atoms with E-state index in [4.69, 9.17) is 5.73 Å². The average Bonchev–Trinajstić information content (AvgIpc) is 2.55. The minimum Gasteiger partial charge on any atom is -0.352 e. The van der Waals surface area contributed by atoms with Gasteiger partial charge in [0.05, 0.1) is 0 Å². The van der Waals surface area contributed by atoms with Gasteiger partial charge in [-0.05, 0) is 18.1 Å². The van der Waals surface area contributed by atoms with Crippen LogP contribution in [0.3, 0.4) is 0 Å². The van der Waals surface area contributed by atoms with Crippen molar-refractivity contribution in [3.05, 3.63) is 71.8 Å². The van der Waals surface area contributed by atoms with Gasteiger partial charge in [-0.25, -0.2) is 4.79 Å². The van der Waals surface area contributed by atoms with Crippen LogP contribution in [0.4, 0.5) is 4.79 Å². The standard InChI is InChI=1S/C18H21N3O2/c1-14(20-18(19)23)17(22)21(12-15-8-4-2-5-9-15)13-16-10-6-3-7-11-16/h2-11,14H,12-13H2,1H3,(H3,19,20,23). The third-order valence-corrected chi connectivity index (χ3v) is 3.47. The summed E-state index contributed by atoms with van der Waals surface area (Å²) in [7, 11) is 0. The molecule has 0 aromatic heterocycles. The van der Waals surface area contributed by atoms with Crippen LogP contribution < -0.4 is 11.1 Å². The number of benzene rings is 2. The number of nitrogens with zero attached hydrogens (tertiary/aromatic N) is 1. The van der Waals surface area contributed by atoms with Crippen molar-refractivity contribution in [1.82, 2.24) is 10.2 Å². The second-order valence-electron chi connectivity index (χ2n) is 5.40. The highest BCUT2D eigenvalue weighted by molar-refractivity contribution is 5.86. The van der Waals surface area contributed by atoms with Gasteiger partial charge >= 0.3 is 6.03 Å². The van der Waals surface area contributed by atoms with E-state index in [1.165, 1.54) is 0 Å². The molecule has 1 unspecified atom stereocenters. The zero-order valence-corrected chi connectivity index (χ0v) is 13.1. The molecular weight excluding hydrogens is 290 g/mol. The first-order valence-corrected chi connectivity index (χ1v) is 7.49. The topological polar surface area (TPSA) is 75.4 Å². The summed E-state index contributed by atoms with van der Waals surface area (Å²) in [6.45, 7) is 2.58. The molecule has 0 fully saturated rings. The molecule has 5 heteroatoms. The number of primary amides is 1. The Morgan fingerprint density at radius 3 is 1.78 bits per heavy atom. The Kier molecular flexibility index (Phi) is 5.74. The maximum Gasteiger partial charge on any atom is 0.312 e. The highest BCUT2D eigenvalue weighted by Gasteiger charge is 2.21. The summed E-state index contributed by atoms with van der Waals surface area (Å²) < 4.78 is 0. The fraction of sp³-hybridized carbons (Fsp3) is 0.222. The minimum absolute atomic E-state index is 0.170. The van der Waals surface area contributed by atoms with E-state index in [2.05, 4.69) is 5.32 Å². The van der Waals surface area contributed by atoms with Crippen molar-refractivity contribution in [3.63, 3.8) is 0 Å². The molecule has 0 aliphatic carbocycles. The second-order valence-corrected chi connectivity index (χ2v) is 5.40. The van der Waals surface area contributed by atoms with Gasteiger partial charge in [0, 0.05) is 13.1 Å². The largest absolute Gasteiger partial charge is 0.352 e. The molecular formula is C18H21N3O2. The van der Waals surface area contributed by atoms with Crippen LogP contribution in [0.5, 0.6) is 0 Å². The van der Waals surface area contributed by atoms with E-state index in [0.29, 0.717) is 13.1 Å². The Balaban J connectivity index is 2.16. The van der Waals surface area contributed by atoms with Crippen LogP contribution in [-0.4, -0.2) is 22.9 Å². The van der Waals surface area contributed by atoms with Gasteiger partial charge in [0.2, 0.25) is 5.91 Å². The molecule has 0 saturated heterocycles. The predicted octanol–water partition coefficient (Wildman–Crippen LogP) is 2.27. The number of nitrogens with two attached hydrogens (primary N) is 1. The zero-order valence-electron chi connectivity index (χ0n) is 13.1. The van der Waals surface area contributed by atoms with Gasteiger partial charge in [0.1, 0.15) is 6.04 Å². The Hall–Kier alpha value is -2.82. The Labute approximate surface area is 136 Å². The van der Waals surface area contributed by atoms with Crippen molar-refractivity contribution >= 4 is 11.9 Å². The molecule has 2 rings (SSSR count). The van der Waals surface area contributed by atoms with Crippen molar-refractivity contribution < 1.29 is 9.59 Å². The molecule has 0 aliphatic rings. The first-order chi connectivity index (χ1) is 11.1. The maximum atomic E-state index is 12.6. The van der Waals surface area contributed by atoms with Crippen LogP contribution in [0, 0.1) is 0 Å². The predicted molar refractivity (Wildman–Crippen MR) is 89.3 cm³/mol. The third-order valence-electron chi connectivity index (χ3n) is 3.47. The fourth-order valence-electron chi connectivity index (χ4n) is 2.37. The van der Waals surface area contributed by atoms with Crippen molar-refractivity contribution in [2.75, 3.05) is 0 Å². The normalized spacial score (nSPS) is 11.5. The quantitative estimate of drug-likeness (QED) is 0.858. The molecule has 3 N–H and O–H groups in total. The summed E-state index contributed by atoms with van der Waals surface area (Å²) in [5, 5.41) is 2.44. The molecule has 0 saturated carbocycles. The molecule has 0 spiro atoms. The van der Waals surface area contributed by atoms with Gasteiger partial charge in [-0.3, -0.25) is 4.79 Å². The van der Waals surface area contributed by atoms with Gasteiger partial charge < -0.3 is 16.0 Å². The monoisotopic (exact) mass is 311 g/mol. The fourth-order valence-corrected chi connectivity index (χ4v) is 2.37. The van der Waals surface area contributed by atoms with Crippen LogP contribution in [-0.2, 0) is 17.9 Å². The second kappa shape index (κ2) is 7.98. The van der Waals surface area contributed by atoms with E-state index in [-0.39, 0.29) is 5.91 Å². The van der Waals surface area contributed by atoms with Gasteiger partial charge in [-0.15, -0.1) is 0 Å². The van der Waals surface area contributed by atoms with Crippen molar-refractivity contribution in [3.8, 4) is 0 Å². The Bertz CT molecular complexity index is 602. The number of nitrogens with one attached hydrogen (secondary N) is 1. The Morgan fingerprint density at radius 2 is 1.39 bits per heavy atom. The van der Waals surface area contributed by atoms with Crippen LogP contribution in [0.1, 0.15) is 18.1 Å². The maximum absolute atomic E-state index is 12.6. The van der Waals surface area contributed by atoms with Gasteiger partial charge in [-0.1, -0.05) is 60.7 Å². The van der Waals surface area contributed by atoms with Gasteiger partial charge in [0.15, 0.2) is 0 Å². The number of hydrogen-bond acceptors (Lipinski definition) is 2. The zero-order chi connectivity index (χ0) is 16.7. The van der Waals surface area contributed by atoms with Crippen LogP contribution in [0.2, 0.25) is 0 Å². The summed E-state index contributed by atoms with van der Waals surface area (Å²) in [6, 6.07) is 18.1. The number of amides is 3. The smallest absolute Gasteiger partial charge is 0.312 e. The summed E-state index contributed by atoms with van der Waals surface area (Å²) >= 11 is 0. The molecule has 0 bridgehead atoms. The number of rotatable bonds is 6. The molecule has 2 aromatic carbocycles. The molecule has 2 aromatic rings. The van der Waals surface area contributed by atoms with E-state index in [1.54, 1.807) is 11.8 Å². The number of hydrogen-bond donors (Lipinski definition) is 2. The highest BCUT2D eigenvalue weighted by atomic mass is 16.2. The van der Waals surface area contributed by atoms with Crippen molar-refractivity contribution in [2.24, 2.45) is 5.73 Å². The average molecular weight is 311 g/mol. The van der Waals surface area contributed by atoms with Crippen LogP contribution in [0.15, 0.2) is 60.7 Å². The lowest BCUT2D eigenvalue weighted by molar-refractivity contribution is -0.134. The van der Waals surface area contributed by atoms with E-state index < -0.39 is 12.1 Å². The molecule has 5 nitrogen and oxygen atoms in total. The lowest BCUT2D eigenvalue weighted by Crippen LogP contribution is -2.48. The first kappa shape index (κ1) is 16.5. The molecule has 0 radical (unpaired) electrons. The summed E-state index contributed by atoms with van der Waals surface area (Å²) in [6.07, 6.45) is 0. The SMILES string of the molecule is CC(NC(N)=O)C(=O)N(Cc1ccccc1)Cc1ccccc1. The van der Waals surface area contributed by atoms with Crippen molar-refractivity contribution in [2.45, 2.75) is 26.1 Å². The molecule has 0 aliphatic heterocycles. The number of carbonyl (C=O) groups excluding carboxylic acids is 2. The summed E-state index contributed by atoms with van der Waals surface area (Å²) in [4.78, 5) is 25.4. The van der Waals surface area contributed by atoms with E-state index in [0.717, 1.165) is 11.1 Å². The van der Waals surface area contributed by atoms with E-state index >= 15 is 0 Å². The van der Waals surface area contributed by atoms with Crippen LogP contribution in [0.25, 0.3) is 0 Å². The van der Waals surface area contributed by atoms with Crippen LogP contribution >= 0.6 is 0 Å². The lowest BCUT2D eigenvalue weighted by Gasteiger charge is -2.26. The minimum atomic E-state index is -0.703. The molecule has 23 heavy (non-hydrogen) atoms. The third kappa shape index (κ3) is 5.14. The van der Waals surface area contributed by atoms with E-state index in [9.17, 15) is 9.59 Å². The lowest BCUT2D eigenvalue weighted by atomic mass is 10.1. The Morgan fingerprint density at radius 1 is 0.957 bits per heavy atom.